The molecular weight excluding hydrogens is 317 g/mol. The molecule has 2 aromatic heterocycles. The highest BCUT2D eigenvalue weighted by atomic mass is 35.5. The van der Waals surface area contributed by atoms with Gasteiger partial charge in [-0.15, -0.1) is 11.3 Å². The first kappa shape index (κ1) is 13.4. The van der Waals surface area contributed by atoms with Gasteiger partial charge in [0, 0.05) is 16.8 Å². The lowest BCUT2D eigenvalue weighted by molar-refractivity contribution is 0.879. The molecule has 0 aliphatic carbocycles. The Kier molecular flexibility index (Phi) is 3.86. The molecule has 0 saturated heterocycles. The second kappa shape index (κ2) is 5.78. The number of hydrogen-bond donors (Lipinski definition) is 1. The van der Waals surface area contributed by atoms with Gasteiger partial charge in [0.2, 0.25) is 0 Å². The second-order valence-corrected chi connectivity index (χ2v) is 6.04. The van der Waals surface area contributed by atoms with Gasteiger partial charge in [0.1, 0.15) is 12.7 Å². The monoisotopic (exact) mass is 325 g/mol. The Morgan fingerprint density at radius 1 is 1.30 bits per heavy atom. The van der Waals surface area contributed by atoms with E-state index in [0.717, 1.165) is 16.3 Å². The molecule has 1 aromatic carbocycles. The van der Waals surface area contributed by atoms with Crippen molar-refractivity contribution >= 4 is 40.2 Å². The van der Waals surface area contributed by atoms with Crippen LogP contribution >= 0.6 is 34.5 Å². The van der Waals surface area contributed by atoms with Crippen LogP contribution in [-0.2, 0) is 6.54 Å². The molecule has 20 heavy (non-hydrogen) atoms. The molecule has 1 N–H and O–H groups in total. The molecule has 0 atom stereocenters. The average Bonchev–Trinajstić information content (AvgIpc) is 3.08. The van der Waals surface area contributed by atoms with Gasteiger partial charge in [-0.3, -0.25) is 0 Å². The first-order valence-electron chi connectivity index (χ1n) is 5.71. The highest BCUT2D eigenvalue weighted by Crippen LogP contribution is 2.25. The summed E-state index contributed by atoms with van der Waals surface area (Å²) in [6.45, 7) is 0.656. The lowest BCUT2D eigenvalue weighted by Crippen LogP contribution is -2.00. The minimum atomic E-state index is 0.543. The fourth-order valence-corrected chi connectivity index (χ4v) is 2.87. The molecule has 0 radical (unpaired) electrons. The summed E-state index contributed by atoms with van der Waals surface area (Å²) < 4.78 is 2.16. The van der Waals surface area contributed by atoms with Crippen LogP contribution in [0.2, 0.25) is 9.49 Å². The van der Waals surface area contributed by atoms with E-state index in [4.69, 9.17) is 23.2 Å². The summed E-state index contributed by atoms with van der Waals surface area (Å²) in [6, 6.07) is 5.67. The van der Waals surface area contributed by atoms with Gasteiger partial charge >= 0.3 is 0 Å². The van der Waals surface area contributed by atoms with Crippen molar-refractivity contribution in [3.05, 3.63) is 51.4 Å². The van der Waals surface area contributed by atoms with Gasteiger partial charge in [-0.25, -0.2) is 14.6 Å². The number of benzene rings is 1. The smallest absolute Gasteiger partial charge is 0.183 e. The van der Waals surface area contributed by atoms with E-state index in [1.807, 2.05) is 18.2 Å². The number of thiazole rings is 1. The molecule has 0 unspecified atom stereocenters. The third kappa shape index (κ3) is 2.92. The van der Waals surface area contributed by atoms with Crippen LogP contribution < -0.4 is 5.32 Å². The van der Waals surface area contributed by atoms with Crippen molar-refractivity contribution in [2.45, 2.75) is 6.54 Å². The van der Waals surface area contributed by atoms with Gasteiger partial charge in [0.15, 0.2) is 4.47 Å². The van der Waals surface area contributed by atoms with Crippen LogP contribution in [0.4, 0.5) is 5.69 Å². The molecule has 0 fully saturated rings. The van der Waals surface area contributed by atoms with E-state index in [0.29, 0.717) is 16.0 Å². The maximum absolute atomic E-state index is 6.25. The predicted molar refractivity (Wildman–Crippen MR) is 80.8 cm³/mol. The number of nitrogens with one attached hydrogen (secondary N) is 1. The van der Waals surface area contributed by atoms with E-state index in [9.17, 15) is 0 Å². The van der Waals surface area contributed by atoms with E-state index in [1.165, 1.54) is 17.7 Å². The lowest BCUT2D eigenvalue weighted by atomic mass is 10.2. The van der Waals surface area contributed by atoms with Crippen LogP contribution in [0.25, 0.3) is 5.69 Å². The largest absolute Gasteiger partial charge is 0.380 e. The van der Waals surface area contributed by atoms with E-state index < -0.39 is 0 Å². The molecule has 3 rings (SSSR count). The number of hydrogen-bond acceptors (Lipinski definition) is 5. The maximum Gasteiger partial charge on any atom is 0.183 e. The van der Waals surface area contributed by atoms with Gasteiger partial charge < -0.3 is 5.32 Å². The Hall–Kier alpha value is -1.63. The van der Waals surface area contributed by atoms with Crippen molar-refractivity contribution in [3.63, 3.8) is 0 Å². The van der Waals surface area contributed by atoms with Crippen molar-refractivity contribution < 1.29 is 0 Å². The van der Waals surface area contributed by atoms with Gasteiger partial charge in [0.05, 0.1) is 17.3 Å². The van der Waals surface area contributed by atoms with Crippen molar-refractivity contribution in [2.75, 3.05) is 5.32 Å². The predicted octanol–water partition coefficient (Wildman–Crippen LogP) is 3.64. The molecule has 5 nitrogen and oxygen atoms in total. The molecule has 0 amide bonds. The van der Waals surface area contributed by atoms with E-state index >= 15 is 0 Å². The summed E-state index contributed by atoms with van der Waals surface area (Å²) in [5, 5.41) is 7.92. The van der Waals surface area contributed by atoms with Crippen molar-refractivity contribution in [2.24, 2.45) is 0 Å². The summed E-state index contributed by atoms with van der Waals surface area (Å²) in [5.74, 6) is 0. The maximum atomic E-state index is 6.25. The Balaban J connectivity index is 1.74. The summed E-state index contributed by atoms with van der Waals surface area (Å²) in [4.78, 5) is 8.96. The molecule has 0 spiro atoms. The summed E-state index contributed by atoms with van der Waals surface area (Å²) >= 11 is 13.5. The van der Waals surface area contributed by atoms with Crippen LogP contribution in [0.15, 0.2) is 37.1 Å². The van der Waals surface area contributed by atoms with Crippen LogP contribution in [0.1, 0.15) is 4.88 Å². The second-order valence-electron chi connectivity index (χ2n) is 3.94. The number of nitrogens with zero attached hydrogens (tertiary/aromatic N) is 4. The first-order valence-corrected chi connectivity index (χ1v) is 7.28. The Bertz CT molecular complexity index is 710. The Morgan fingerprint density at radius 2 is 2.20 bits per heavy atom. The SMILES string of the molecule is Clc1ncc(CNc2ccc(-n3cncn3)c(Cl)c2)s1. The normalized spacial score (nSPS) is 10.7. The zero-order chi connectivity index (χ0) is 13.9. The topological polar surface area (TPSA) is 55.6 Å². The third-order valence-corrected chi connectivity index (χ3v) is 4.02. The molecule has 3 aromatic rings. The fourth-order valence-electron chi connectivity index (χ4n) is 1.69. The number of halogens is 2. The quantitative estimate of drug-likeness (QED) is 0.795. The Morgan fingerprint density at radius 3 is 2.85 bits per heavy atom. The van der Waals surface area contributed by atoms with E-state index in [2.05, 4.69) is 20.4 Å². The summed E-state index contributed by atoms with van der Waals surface area (Å²) in [6.07, 6.45) is 4.83. The molecule has 8 heteroatoms. The fraction of sp³-hybridized carbons (Fsp3) is 0.0833. The molecule has 102 valence electrons. The average molecular weight is 326 g/mol. The summed E-state index contributed by atoms with van der Waals surface area (Å²) in [5.41, 5.74) is 1.71. The van der Waals surface area contributed by atoms with Crippen molar-refractivity contribution in [3.8, 4) is 5.69 Å². The van der Waals surface area contributed by atoms with Crippen molar-refractivity contribution in [1.82, 2.24) is 19.7 Å². The van der Waals surface area contributed by atoms with Crippen LogP contribution in [0.5, 0.6) is 0 Å². The standard InChI is InChI=1S/C12H9Cl2N5S/c13-10-3-8(16-4-9-5-17-12(14)20-9)1-2-11(10)19-7-15-6-18-19/h1-3,5-7,16H,4H2. The molecule has 0 saturated carbocycles. The molecule has 0 bridgehead atoms. The highest BCUT2D eigenvalue weighted by molar-refractivity contribution is 7.15. The third-order valence-electron chi connectivity index (χ3n) is 2.61. The zero-order valence-electron chi connectivity index (χ0n) is 10.1. The van der Waals surface area contributed by atoms with Crippen molar-refractivity contribution in [1.29, 1.82) is 0 Å². The first-order chi connectivity index (χ1) is 9.72. The van der Waals surface area contributed by atoms with Crippen LogP contribution in [0, 0.1) is 0 Å². The zero-order valence-corrected chi connectivity index (χ0v) is 12.5. The van der Waals surface area contributed by atoms with Crippen LogP contribution in [0.3, 0.4) is 0 Å². The van der Waals surface area contributed by atoms with Gasteiger partial charge in [-0.2, -0.15) is 5.10 Å². The molecular formula is C12H9Cl2N5S. The number of rotatable bonds is 4. The number of aromatic nitrogens is 4. The molecule has 0 aliphatic heterocycles. The van der Waals surface area contributed by atoms with Gasteiger partial charge in [0.25, 0.3) is 0 Å². The minimum Gasteiger partial charge on any atom is -0.380 e. The highest BCUT2D eigenvalue weighted by Gasteiger charge is 2.05. The van der Waals surface area contributed by atoms with E-state index in [1.54, 1.807) is 17.2 Å². The lowest BCUT2D eigenvalue weighted by Gasteiger charge is -2.08. The van der Waals surface area contributed by atoms with Crippen LogP contribution in [-0.4, -0.2) is 19.7 Å². The van der Waals surface area contributed by atoms with Gasteiger partial charge in [-0.05, 0) is 18.2 Å². The minimum absolute atomic E-state index is 0.543. The molecule has 0 aliphatic rings. The molecule has 2 heterocycles. The van der Waals surface area contributed by atoms with Gasteiger partial charge in [-0.1, -0.05) is 23.2 Å². The summed E-state index contributed by atoms with van der Waals surface area (Å²) in [7, 11) is 0. The Labute approximate surface area is 129 Å². The number of anilines is 1. The van der Waals surface area contributed by atoms with E-state index in [-0.39, 0.29) is 0 Å².